The van der Waals surface area contributed by atoms with E-state index in [0.29, 0.717) is 6.04 Å². The molecule has 0 saturated carbocycles. The van der Waals surface area contributed by atoms with Crippen LogP contribution in [-0.2, 0) is 0 Å². The van der Waals surface area contributed by atoms with Gasteiger partial charge in [0.05, 0.1) is 0 Å². The molecule has 0 aromatic rings. The van der Waals surface area contributed by atoms with E-state index in [1.54, 1.807) is 0 Å². The highest BCUT2D eigenvalue weighted by molar-refractivity contribution is 4.82. The van der Waals surface area contributed by atoms with E-state index >= 15 is 0 Å². The first-order valence-electron chi connectivity index (χ1n) is 8.39. The van der Waals surface area contributed by atoms with E-state index in [9.17, 15) is 0 Å². The Morgan fingerprint density at radius 1 is 1.00 bits per heavy atom. The van der Waals surface area contributed by atoms with E-state index in [2.05, 4.69) is 23.6 Å². The summed E-state index contributed by atoms with van der Waals surface area (Å²) < 4.78 is 0. The maximum absolute atomic E-state index is 5.68. The lowest BCUT2D eigenvalue weighted by atomic mass is 9.92. The Morgan fingerprint density at radius 3 is 2.37 bits per heavy atom. The molecule has 2 rings (SSSR count). The molecule has 0 radical (unpaired) electrons. The van der Waals surface area contributed by atoms with Gasteiger partial charge in [0.25, 0.3) is 0 Å². The lowest BCUT2D eigenvalue weighted by Crippen LogP contribution is -2.42. The molecule has 3 nitrogen and oxygen atoms in total. The van der Waals surface area contributed by atoms with Crippen LogP contribution in [-0.4, -0.2) is 54.6 Å². The molecular formula is C16H33N3. The van der Waals surface area contributed by atoms with Gasteiger partial charge < -0.3 is 15.5 Å². The summed E-state index contributed by atoms with van der Waals surface area (Å²) in [6.07, 6.45) is 8.15. The van der Waals surface area contributed by atoms with Gasteiger partial charge in [-0.25, -0.2) is 0 Å². The van der Waals surface area contributed by atoms with E-state index in [4.69, 9.17) is 5.73 Å². The number of likely N-dealkylation sites (tertiary alicyclic amines) is 2. The molecule has 1 unspecified atom stereocenters. The molecule has 2 heterocycles. The summed E-state index contributed by atoms with van der Waals surface area (Å²) in [5.41, 5.74) is 5.68. The summed E-state index contributed by atoms with van der Waals surface area (Å²) in [4.78, 5) is 5.43. The fraction of sp³-hybridized carbons (Fsp3) is 1.00. The summed E-state index contributed by atoms with van der Waals surface area (Å²) in [5, 5.41) is 0. The summed E-state index contributed by atoms with van der Waals surface area (Å²) in [7, 11) is 0. The number of hydrogen-bond donors (Lipinski definition) is 1. The molecule has 0 spiro atoms. The second-order valence-electron chi connectivity index (χ2n) is 6.77. The van der Waals surface area contributed by atoms with E-state index in [1.165, 1.54) is 64.7 Å². The molecule has 2 N–H and O–H groups in total. The Balaban J connectivity index is 1.77. The average molecular weight is 267 g/mol. The third-order valence-corrected chi connectivity index (χ3v) is 5.20. The minimum Gasteiger partial charge on any atom is -0.330 e. The monoisotopic (exact) mass is 267 g/mol. The Morgan fingerprint density at radius 2 is 1.74 bits per heavy atom. The average Bonchev–Trinajstić information content (AvgIpc) is 2.66. The fourth-order valence-electron chi connectivity index (χ4n) is 3.82. The van der Waals surface area contributed by atoms with Crippen LogP contribution < -0.4 is 5.73 Å². The number of nitrogens with two attached hydrogens (primary N) is 1. The van der Waals surface area contributed by atoms with Crippen LogP contribution in [0.15, 0.2) is 0 Å². The normalized spacial score (nSPS) is 28.7. The lowest BCUT2D eigenvalue weighted by molar-refractivity contribution is 0.117. The SMILES string of the molecule is CC(C)N1CCCC(N2CCC(CCN)CC2)CC1. The number of piperidine rings is 1. The van der Waals surface area contributed by atoms with Gasteiger partial charge in [0, 0.05) is 12.1 Å². The second-order valence-corrected chi connectivity index (χ2v) is 6.77. The zero-order valence-electron chi connectivity index (χ0n) is 13.0. The van der Waals surface area contributed by atoms with Crippen LogP contribution in [0.1, 0.15) is 52.4 Å². The van der Waals surface area contributed by atoms with Crippen molar-refractivity contribution in [3.63, 3.8) is 0 Å². The zero-order chi connectivity index (χ0) is 13.7. The topological polar surface area (TPSA) is 32.5 Å². The molecular weight excluding hydrogens is 234 g/mol. The van der Waals surface area contributed by atoms with Gasteiger partial charge in [-0.2, -0.15) is 0 Å². The minimum atomic E-state index is 0.717. The van der Waals surface area contributed by atoms with Crippen LogP contribution in [0, 0.1) is 5.92 Å². The molecule has 2 aliphatic heterocycles. The molecule has 2 saturated heterocycles. The van der Waals surface area contributed by atoms with Gasteiger partial charge in [-0.15, -0.1) is 0 Å². The van der Waals surface area contributed by atoms with Crippen molar-refractivity contribution in [3.05, 3.63) is 0 Å². The quantitative estimate of drug-likeness (QED) is 0.848. The number of nitrogens with zero attached hydrogens (tertiary/aromatic N) is 2. The predicted octanol–water partition coefficient (Wildman–Crippen LogP) is 2.31. The van der Waals surface area contributed by atoms with Crippen LogP contribution in [0.4, 0.5) is 0 Å². The first-order valence-corrected chi connectivity index (χ1v) is 8.39. The van der Waals surface area contributed by atoms with Crippen molar-refractivity contribution in [1.29, 1.82) is 0 Å². The van der Waals surface area contributed by atoms with Crippen molar-refractivity contribution in [3.8, 4) is 0 Å². The van der Waals surface area contributed by atoms with Crippen molar-refractivity contribution in [2.24, 2.45) is 11.7 Å². The third kappa shape index (κ3) is 4.44. The van der Waals surface area contributed by atoms with Crippen molar-refractivity contribution >= 4 is 0 Å². The van der Waals surface area contributed by atoms with Crippen molar-refractivity contribution in [2.75, 3.05) is 32.7 Å². The van der Waals surface area contributed by atoms with Crippen LogP contribution in [0.5, 0.6) is 0 Å². The van der Waals surface area contributed by atoms with Crippen molar-refractivity contribution in [1.82, 2.24) is 9.80 Å². The second kappa shape index (κ2) is 7.61. The molecule has 2 fully saturated rings. The number of rotatable bonds is 4. The first kappa shape index (κ1) is 15.3. The van der Waals surface area contributed by atoms with E-state index in [1.807, 2.05) is 0 Å². The van der Waals surface area contributed by atoms with Gasteiger partial charge in [0.15, 0.2) is 0 Å². The molecule has 19 heavy (non-hydrogen) atoms. The van der Waals surface area contributed by atoms with E-state index < -0.39 is 0 Å². The molecule has 1 atom stereocenters. The van der Waals surface area contributed by atoms with Crippen molar-refractivity contribution in [2.45, 2.75) is 64.5 Å². The summed E-state index contributed by atoms with van der Waals surface area (Å²) >= 11 is 0. The first-order chi connectivity index (χ1) is 9.20. The Hall–Kier alpha value is -0.120. The molecule has 0 bridgehead atoms. The summed E-state index contributed by atoms with van der Waals surface area (Å²) in [5.74, 6) is 0.902. The standard InChI is InChI=1S/C16H33N3/c1-14(2)18-10-3-4-16(8-13-18)19-11-6-15(5-9-17)7-12-19/h14-16H,3-13,17H2,1-2H3. The maximum Gasteiger partial charge on any atom is 0.0108 e. The molecule has 112 valence electrons. The molecule has 3 heteroatoms. The van der Waals surface area contributed by atoms with E-state index in [-0.39, 0.29) is 0 Å². The highest BCUT2D eigenvalue weighted by atomic mass is 15.2. The number of hydrogen-bond acceptors (Lipinski definition) is 3. The van der Waals surface area contributed by atoms with Crippen LogP contribution in [0.3, 0.4) is 0 Å². The van der Waals surface area contributed by atoms with Gasteiger partial charge in [0.2, 0.25) is 0 Å². The lowest BCUT2D eigenvalue weighted by Gasteiger charge is -2.37. The van der Waals surface area contributed by atoms with Gasteiger partial charge >= 0.3 is 0 Å². The highest BCUT2D eigenvalue weighted by Gasteiger charge is 2.27. The maximum atomic E-state index is 5.68. The van der Waals surface area contributed by atoms with Crippen LogP contribution in [0.25, 0.3) is 0 Å². The predicted molar refractivity (Wildman–Crippen MR) is 82.3 cm³/mol. The zero-order valence-corrected chi connectivity index (χ0v) is 13.0. The van der Waals surface area contributed by atoms with Gasteiger partial charge in [-0.05, 0) is 91.0 Å². The largest absolute Gasteiger partial charge is 0.330 e. The van der Waals surface area contributed by atoms with Gasteiger partial charge in [-0.3, -0.25) is 0 Å². The Bertz CT molecular complexity index is 246. The molecule has 0 aromatic carbocycles. The molecule has 2 aliphatic rings. The summed E-state index contributed by atoms with van der Waals surface area (Å²) in [6.45, 7) is 10.8. The fourth-order valence-corrected chi connectivity index (χ4v) is 3.82. The molecule has 0 aromatic heterocycles. The minimum absolute atomic E-state index is 0.717. The molecule has 0 amide bonds. The molecule has 0 aliphatic carbocycles. The summed E-state index contributed by atoms with van der Waals surface area (Å²) in [6, 6.07) is 1.57. The van der Waals surface area contributed by atoms with E-state index in [0.717, 1.165) is 18.5 Å². The smallest absolute Gasteiger partial charge is 0.0108 e. The Kier molecular flexibility index (Phi) is 6.11. The van der Waals surface area contributed by atoms with Crippen LogP contribution in [0.2, 0.25) is 0 Å². The van der Waals surface area contributed by atoms with Gasteiger partial charge in [0.1, 0.15) is 0 Å². The highest BCUT2D eigenvalue weighted by Crippen LogP contribution is 2.25. The Labute approximate surface area is 119 Å². The van der Waals surface area contributed by atoms with Crippen molar-refractivity contribution < 1.29 is 0 Å². The van der Waals surface area contributed by atoms with Crippen LogP contribution >= 0.6 is 0 Å². The van der Waals surface area contributed by atoms with Gasteiger partial charge in [-0.1, -0.05) is 0 Å². The third-order valence-electron chi connectivity index (χ3n) is 5.20.